The first-order valence-corrected chi connectivity index (χ1v) is 17.5. The number of benzene rings is 3. The summed E-state index contributed by atoms with van der Waals surface area (Å²) in [6.07, 6.45) is 0.978. The van der Waals surface area contributed by atoms with E-state index in [1.54, 1.807) is 36.4 Å². The number of para-hydroxylation sites is 1. The number of pyridine rings is 1. The summed E-state index contributed by atoms with van der Waals surface area (Å²) < 4.78 is 32.7. The predicted molar refractivity (Wildman–Crippen MR) is 180 cm³/mol. The predicted octanol–water partition coefficient (Wildman–Crippen LogP) is 5.00. The van der Waals surface area contributed by atoms with Crippen LogP contribution in [0.4, 0.5) is 17.1 Å². The summed E-state index contributed by atoms with van der Waals surface area (Å²) in [6.45, 7) is 4.54. The van der Waals surface area contributed by atoms with E-state index in [-0.39, 0.29) is 28.2 Å². The van der Waals surface area contributed by atoms with Crippen LogP contribution >= 0.6 is 15.9 Å². The highest BCUT2D eigenvalue weighted by Crippen LogP contribution is 2.40. The second-order valence-corrected chi connectivity index (χ2v) is 14.6. The van der Waals surface area contributed by atoms with Crippen LogP contribution in [0, 0.1) is 5.92 Å². The first-order valence-electron chi connectivity index (χ1n) is 15.2. The summed E-state index contributed by atoms with van der Waals surface area (Å²) in [6, 6.07) is 27.4. The molecule has 0 saturated carbocycles. The van der Waals surface area contributed by atoms with Crippen molar-refractivity contribution in [2.24, 2.45) is 5.92 Å². The number of rotatable bonds is 6. The fourth-order valence-electron chi connectivity index (χ4n) is 6.93. The van der Waals surface area contributed by atoms with Gasteiger partial charge in [0, 0.05) is 79.2 Å². The van der Waals surface area contributed by atoms with Gasteiger partial charge in [0.1, 0.15) is 0 Å². The number of carbonyl (C=O) groups excluding carboxylic acids is 1. The van der Waals surface area contributed by atoms with Gasteiger partial charge in [-0.1, -0.05) is 40.2 Å². The molecule has 0 aliphatic carbocycles. The molecule has 1 N–H and O–H groups in total. The van der Waals surface area contributed by atoms with Gasteiger partial charge in [0.25, 0.3) is 21.5 Å². The topological polar surface area (TPSA) is 95.0 Å². The number of hydrogen-bond donors (Lipinski definition) is 1. The lowest BCUT2D eigenvalue weighted by atomic mass is 9.83. The van der Waals surface area contributed by atoms with E-state index in [2.05, 4.69) is 42.6 Å². The standard InChI is InChI=1S/C34H34BrN5O4S/c35-27-10-12-29(13-11-27)45(43,44)36-30-20-25(34(42)38-17-15-37(16-18-38)28-5-2-1-3-6-28)9-14-32(30)39-21-24-19-26(23-39)31-7-4-8-33(41)40(31)22-24/h1-14,20,24,26,36H,15-19,21-23H2/t24-,26+/m1/s1. The van der Waals surface area contributed by atoms with E-state index < -0.39 is 10.0 Å². The van der Waals surface area contributed by atoms with Crippen LogP contribution in [-0.2, 0) is 16.6 Å². The third kappa shape index (κ3) is 5.98. The number of amides is 1. The summed E-state index contributed by atoms with van der Waals surface area (Å²) in [5.41, 5.74) is 3.71. The Hall–Kier alpha value is -4.09. The van der Waals surface area contributed by atoms with Gasteiger partial charge < -0.3 is 19.3 Å². The monoisotopic (exact) mass is 687 g/mol. The maximum Gasteiger partial charge on any atom is 0.261 e. The molecular formula is C34H34BrN5O4S. The van der Waals surface area contributed by atoms with Crippen LogP contribution in [0.5, 0.6) is 0 Å². The van der Waals surface area contributed by atoms with Crippen molar-refractivity contribution in [2.75, 3.05) is 53.8 Å². The van der Waals surface area contributed by atoms with E-state index in [0.717, 1.165) is 41.1 Å². The third-order valence-corrected chi connectivity index (χ3v) is 11.0. The molecule has 232 valence electrons. The van der Waals surface area contributed by atoms with Gasteiger partial charge in [0.05, 0.1) is 16.3 Å². The van der Waals surface area contributed by atoms with Crippen LogP contribution in [0.2, 0.25) is 0 Å². The Balaban J connectivity index is 1.18. The number of anilines is 3. The van der Waals surface area contributed by atoms with E-state index in [1.807, 2.05) is 51.9 Å². The molecule has 9 nitrogen and oxygen atoms in total. The maximum atomic E-state index is 13.8. The molecule has 4 heterocycles. The quantitative estimate of drug-likeness (QED) is 0.307. The number of hydrogen-bond acceptors (Lipinski definition) is 6. The second kappa shape index (κ2) is 12.0. The van der Waals surface area contributed by atoms with Gasteiger partial charge >= 0.3 is 0 Å². The van der Waals surface area contributed by atoms with Gasteiger partial charge in [-0.25, -0.2) is 8.42 Å². The van der Waals surface area contributed by atoms with Crippen LogP contribution in [0.25, 0.3) is 0 Å². The van der Waals surface area contributed by atoms with Crippen molar-refractivity contribution in [3.8, 4) is 0 Å². The maximum absolute atomic E-state index is 13.8. The Morgan fingerprint density at radius 1 is 0.800 bits per heavy atom. The van der Waals surface area contributed by atoms with Gasteiger partial charge in [0.15, 0.2) is 0 Å². The summed E-state index contributed by atoms with van der Waals surface area (Å²) in [5, 5.41) is 0. The molecule has 1 amide bonds. The lowest BCUT2D eigenvalue weighted by molar-refractivity contribution is 0.0747. The Bertz CT molecular complexity index is 1890. The molecule has 0 spiro atoms. The van der Waals surface area contributed by atoms with Gasteiger partial charge in [-0.05, 0) is 73.0 Å². The van der Waals surface area contributed by atoms with E-state index >= 15 is 0 Å². The van der Waals surface area contributed by atoms with Gasteiger partial charge in [-0.3, -0.25) is 14.3 Å². The summed E-state index contributed by atoms with van der Waals surface area (Å²) in [5.74, 6) is 0.265. The van der Waals surface area contributed by atoms with Crippen LogP contribution in [0.1, 0.15) is 28.4 Å². The second-order valence-electron chi connectivity index (χ2n) is 12.0. The molecule has 2 atom stereocenters. The van der Waals surface area contributed by atoms with E-state index in [4.69, 9.17) is 0 Å². The smallest absolute Gasteiger partial charge is 0.261 e. The molecule has 0 unspecified atom stereocenters. The lowest BCUT2D eigenvalue weighted by Crippen LogP contribution is -2.49. The van der Waals surface area contributed by atoms with Crippen LogP contribution in [-0.4, -0.2) is 63.1 Å². The molecular weight excluding hydrogens is 654 g/mol. The van der Waals surface area contributed by atoms with Gasteiger partial charge in [-0.15, -0.1) is 0 Å². The van der Waals surface area contributed by atoms with Crippen molar-refractivity contribution in [3.05, 3.63) is 117 Å². The SMILES string of the molecule is O=C(c1ccc(N2C[C@H]3C[C@@H](C2)c2cccc(=O)n2C3)c(NS(=O)(=O)c2ccc(Br)cc2)c1)N1CCN(c2ccccc2)CC1. The molecule has 4 aromatic rings. The molecule has 3 aromatic carbocycles. The van der Waals surface area contributed by atoms with Crippen molar-refractivity contribution in [3.63, 3.8) is 0 Å². The Morgan fingerprint density at radius 2 is 1.56 bits per heavy atom. The number of aromatic nitrogens is 1. The average Bonchev–Trinajstić information content (AvgIpc) is 3.05. The number of sulfonamides is 1. The minimum absolute atomic E-state index is 0.0195. The Morgan fingerprint density at radius 3 is 2.31 bits per heavy atom. The van der Waals surface area contributed by atoms with E-state index in [9.17, 15) is 18.0 Å². The summed E-state index contributed by atoms with van der Waals surface area (Å²) >= 11 is 3.37. The number of nitrogens with one attached hydrogen (secondary N) is 1. The molecule has 3 aliphatic rings. The zero-order valence-corrected chi connectivity index (χ0v) is 27.1. The Kier molecular flexibility index (Phi) is 7.91. The number of halogens is 1. The first kappa shape index (κ1) is 29.6. The zero-order valence-electron chi connectivity index (χ0n) is 24.7. The van der Waals surface area contributed by atoms with Crippen molar-refractivity contribution in [1.29, 1.82) is 0 Å². The molecule has 2 saturated heterocycles. The molecule has 2 bridgehead atoms. The number of piperazine rings is 1. The zero-order chi connectivity index (χ0) is 31.1. The summed E-state index contributed by atoms with van der Waals surface area (Å²) in [4.78, 5) is 32.8. The van der Waals surface area contributed by atoms with Crippen LogP contribution < -0.4 is 20.1 Å². The molecule has 1 aromatic heterocycles. The van der Waals surface area contributed by atoms with Crippen molar-refractivity contribution in [1.82, 2.24) is 9.47 Å². The lowest BCUT2D eigenvalue weighted by Gasteiger charge is -2.44. The van der Waals surface area contributed by atoms with Crippen LogP contribution in [0.15, 0.2) is 105 Å². The number of fused-ring (bicyclic) bond motifs is 4. The highest BCUT2D eigenvalue weighted by molar-refractivity contribution is 9.10. The molecule has 2 fully saturated rings. The highest BCUT2D eigenvalue weighted by atomic mass is 79.9. The minimum atomic E-state index is -3.94. The fraction of sp³-hybridized carbons (Fsp3) is 0.294. The van der Waals surface area contributed by atoms with Crippen molar-refractivity contribution >= 4 is 48.9 Å². The molecule has 7 rings (SSSR count). The average molecular weight is 689 g/mol. The molecule has 45 heavy (non-hydrogen) atoms. The molecule has 0 radical (unpaired) electrons. The normalized spacial score (nSPS) is 19.6. The van der Waals surface area contributed by atoms with Gasteiger partial charge in [0.2, 0.25) is 0 Å². The van der Waals surface area contributed by atoms with Crippen molar-refractivity contribution < 1.29 is 13.2 Å². The minimum Gasteiger partial charge on any atom is -0.369 e. The van der Waals surface area contributed by atoms with Gasteiger partial charge in [-0.2, -0.15) is 0 Å². The van der Waals surface area contributed by atoms with E-state index in [1.165, 1.54) is 0 Å². The number of carbonyl (C=O) groups is 1. The third-order valence-electron chi connectivity index (χ3n) is 9.12. The molecule has 11 heteroatoms. The first-order chi connectivity index (χ1) is 21.7. The van der Waals surface area contributed by atoms with Crippen molar-refractivity contribution in [2.45, 2.75) is 23.8 Å². The Labute approximate surface area is 271 Å². The fourth-order valence-corrected chi connectivity index (χ4v) is 8.26. The van der Waals surface area contributed by atoms with Crippen LogP contribution in [0.3, 0.4) is 0 Å². The number of nitrogens with zero attached hydrogens (tertiary/aromatic N) is 4. The van der Waals surface area contributed by atoms with E-state index in [0.29, 0.717) is 44.0 Å². The number of piperidine rings is 1. The highest BCUT2D eigenvalue weighted by Gasteiger charge is 2.36. The largest absolute Gasteiger partial charge is 0.369 e. The molecule has 3 aliphatic heterocycles. The summed E-state index contributed by atoms with van der Waals surface area (Å²) in [7, 11) is -3.94.